The first-order chi connectivity index (χ1) is 12.6. The molecule has 0 bridgehead atoms. The molecule has 0 heterocycles. The maximum absolute atomic E-state index is 11.5. The highest BCUT2D eigenvalue weighted by Crippen LogP contribution is 2.26. The molecular formula is C21H17ClO4. The van der Waals surface area contributed by atoms with Gasteiger partial charge < -0.3 is 14.6 Å². The van der Waals surface area contributed by atoms with Gasteiger partial charge in [-0.2, -0.15) is 0 Å². The van der Waals surface area contributed by atoms with Crippen molar-refractivity contribution in [2.75, 3.05) is 0 Å². The lowest BCUT2D eigenvalue weighted by atomic mass is 10.1. The van der Waals surface area contributed by atoms with Crippen molar-refractivity contribution in [2.24, 2.45) is 0 Å². The first kappa shape index (κ1) is 17.8. The molecule has 0 radical (unpaired) electrons. The van der Waals surface area contributed by atoms with Crippen molar-refractivity contribution in [3.63, 3.8) is 0 Å². The summed E-state index contributed by atoms with van der Waals surface area (Å²) < 4.78 is 11.3. The molecule has 0 spiro atoms. The predicted molar refractivity (Wildman–Crippen MR) is 100 cm³/mol. The number of carboxylic acid groups (broad SMARTS) is 1. The molecule has 0 aliphatic rings. The van der Waals surface area contributed by atoms with Crippen LogP contribution in [0, 0.1) is 0 Å². The highest BCUT2D eigenvalue weighted by molar-refractivity contribution is 6.32. The first-order valence-corrected chi connectivity index (χ1v) is 8.45. The van der Waals surface area contributed by atoms with Crippen molar-refractivity contribution in [2.45, 2.75) is 12.5 Å². The van der Waals surface area contributed by atoms with Crippen molar-refractivity contribution < 1.29 is 19.4 Å². The Labute approximate surface area is 156 Å². The smallest absolute Gasteiger partial charge is 0.345 e. The average Bonchev–Trinajstić information content (AvgIpc) is 2.65. The van der Waals surface area contributed by atoms with Crippen LogP contribution in [-0.2, 0) is 11.2 Å². The highest BCUT2D eigenvalue weighted by atomic mass is 35.5. The van der Waals surface area contributed by atoms with E-state index in [4.69, 9.17) is 21.1 Å². The van der Waals surface area contributed by atoms with E-state index >= 15 is 0 Å². The van der Waals surface area contributed by atoms with Crippen LogP contribution in [0.3, 0.4) is 0 Å². The van der Waals surface area contributed by atoms with E-state index in [9.17, 15) is 9.90 Å². The summed E-state index contributed by atoms with van der Waals surface area (Å²) in [6.07, 6.45) is -0.817. The van der Waals surface area contributed by atoms with Gasteiger partial charge in [-0.3, -0.25) is 0 Å². The quantitative estimate of drug-likeness (QED) is 0.622. The zero-order chi connectivity index (χ0) is 18.4. The Balaban J connectivity index is 1.67. The first-order valence-electron chi connectivity index (χ1n) is 8.07. The van der Waals surface area contributed by atoms with E-state index in [0.717, 1.165) is 11.3 Å². The molecule has 3 rings (SSSR count). The standard InChI is InChI=1S/C21H17ClO4/c22-18-8-4-5-9-19(18)26-20(21(23)24)14-15-10-12-17(13-11-15)25-16-6-2-1-3-7-16/h1-13,20H,14H2,(H,23,24). The monoisotopic (exact) mass is 368 g/mol. The van der Waals surface area contributed by atoms with Crippen LogP contribution < -0.4 is 9.47 Å². The minimum absolute atomic E-state index is 0.214. The number of benzene rings is 3. The van der Waals surface area contributed by atoms with Crippen LogP contribution >= 0.6 is 11.6 Å². The number of aliphatic carboxylic acids is 1. The Hall–Kier alpha value is -2.98. The minimum Gasteiger partial charge on any atom is -0.478 e. The molecule has 0 fully saturated rings. The predicted octanol–water partition coefficient (Wildman–Crippen LogP) is 5.21. The molecule has 26 heavy (non-hydrogen) atoms. The Morgan fingerprint density at radius 2 is 1.50 bits per heavy atom. The molecule has 1 unspecified atom stereocenters. The molecule has 132 valence electrons. The van der Waals surface area contributed by atoms with Crippen molar-refractivity contribution in [3.8, 4) is 17.2 Å². The number of halogens is 1. The van der Waals surface area contributed by atoms with Crippen LogP contribution in [-0.4, -0.2) is 17.2 Å². The molecule has 0 aliphatic carbocycles. The minimum atomic E-state index is -1.05. The van der Waals surface area contributed by atoms with Gasteiger partial charge >= 0.3 is 5.97 Å². The Morgan fingerprint density at radius 3 is 2.15 bits per heavy atom. The molecular weight excluding hydrogens is 352 g/mol. The molecule has 5 heteroatoms. The van der Waals surface area contributed by atoms with Gasteiger partial charge in [-0.05, 0) is 42.0 Å². The number of carbonyl (C=O) groups is 1. The van der Waals surface area contributed by atoms with Crippen LogP contribution in [0.2, 0.25) is 5.02 Å². The Kier molecular flexibility index (Phi) is 5.77. The maximum atomic E-state index is 11.5. The SMILES string of the molecule is O=C(O)C(Cc1ccc(Oc2ccccc2)cc1)Oc1ccccc1Cl. The van der Waals surface area contributed by atoms with Crippen LogP contribution in [0.5, 0.6) is 17.2 Å². The Morgan fingerprint density at radius 1 is 0.885 bits per heavy atom. The van der Waals surface area contributed by atoms with Gasteiger partial charge in [0.25, 0.3) is 0 Å². The second-order valence-corrected chi connectivity index (χ2v) is 6.05. The van der Waals surface area contributed by atoms with Gasteiger partial charge in [-0.25, -0.2) is 4.79 Å². The molecule has 0 aromatic heterocycles. The van der Waals surface area contributed by atoms with Crippen LogP contribution in [0.25, 0.3) is 0 Å². The lowest BCUT2D eigenvalue weighted by Crippen LogP contribution is -2.29. The van der Waals surface area contributed by atoms with E-state index in [1.807, 2.05) is 42.5 Å². The van der Waals surface area contributed by atoms with Gasteiger partial charge in [-0.1, -0.05) is 54.1 Å². The fourth-order valence-electron chi connectivity index (χ4n) is 2.41. The van der Waals surface area contributed by atoms with Gasteiger partial charge in [-0.15, -0.1) is 0 Å². The molecule has 0 saturated carbocycles. The Bertz CT molecular complexity index is 863. The number of carboxylic acids is 1. The molecule has 0 saturated heterocycles. The van der Waals surface area contributed by atoms with Crippen LogP contribution in [0.4, 0.5) is 0 Å². The summed E-state index contributed by atoms with van der Waals surface area (Å²) in [4.78, 5) is 11.5. The summed E-state index contributed by atoms with van der Waals surface area (Å²) in [6, 6.07) is 23.5. The third kappa shape index (κ3) is 4.77. The zero-order valence-corrected chi connectivity index (χ0v) is 14.6. The summed E-state index contributed by atoms with van der Waals surface area (Å²) in [7, 11) is 0. The topological polar surface area (TPSA) is 55.8 Å². The van der Waals surface area contributed by atoms with Crippen LogP contribution in [0.15, 0.2) is 78.9 Å². The van der Waals surface area contributed by atoms with E-state index < -0.39 is 12.1 Å². The fourth-order valence-corrected chi connectivity index (χ4v) is 2.59. The van der Waals surface area contributed by atoms with E-state index in [1.165, 1.54) is 0 Å². The zero-order valence-electron chi connectivity index (χ0n) is 13.8. The normalized spacial score (nSPS) is 11.6. The number of hydrogen-bond acceptors (Lipinski definition) is 3. The number of hydrogen-bond donors (Lipinski definition) is 1. The van der Waals surface area contributed by atoms with Crippen molar-refractivity contribution >= 4 is 17.6 Å². The summed E-state index contributed by atoms with van der Waals surface area (Å²) >= 11 is 6.04. The molecule has 0 aliphatic heterocycles. The number of para-hydroxylation sites is 2. The molecule has 3 aromatic carbocycles. The van der Waals surface area contributed by atoms with Gasteiger partial charge in [0.1, 0.15) is 17.2 Å². The van der Waals surface area contributed by atoms with Crippen molar-refractivity contribution in [1.29, 1.82) is 0 Å². The third-order valence-corrected chi connectivity index (χ3v) is 4.02. The summed E-state index contributed by atoms with van der Waals surface area (Å²) in [6.45, 7) is 0. The second kappa shape index (κ2) is 8.41. The largest absolute Gasteiger partial charge is 0.478 e. The number of ether oxygens (including phenoxy) is 2. The molecule has 1 atom stereocenters. The molecule has 3 aromatic rings. The summed E-state index contributed by atoms with van der Waals surface area (Å²) in [5.41, 5.74) is 0.824. The van der Waals surface area contributed by atoms with Gasteiger partial charge in [0.15, 0.2) is 6.10 Å². The van der Waals surface area contributed by atoms with E-state index in [-0.39, 0.29) is 6.42 Å². The summed E-state index contributed by atoms with van der Waals surface area (Å²) in [5, 5.41) is 9.82. The summed E-state index contributed by atoms with van der Waals surface area (Å²) in [5.74, 6) is 0.727. The van der Waals surface area contributed by atoms with Crippen molar-refractivity contribution in [1.82, 2.24) is 0 Å². The van der Waals surface area contributed by atoms with Gasteiger partial charge in [0.05, 0.1) is 5.02 Å². The molecule has 4 nitrogen and oxygen atoms in total. The van der Waals surface area contributed by atoms with Crippen LogP contribution in [0.1, 0.15) is 5.56 Å². The fraction of sp³-hybridized carbons (Fsp3) is 0.0952. The van der Waals surface area contributed by atoms with Crippen molar-refractivity contribution in [3.05, 3.63) is 89.4 Å². The molecule has 1 N–H and O–H groups in total. The second-order valence-electron chi connectivity index (χ2n) is 5.64. The number of rotatable bonds is 7. The van der Waals surface area contributed by atoms with E-state index in [1.54, 1.807) is 36.4 Å². The van der Waals surface area contributed by atoms with E-state index in [2.05, 4.69) is 0 Å². The third-order valence-electron chi connectivity index (χ3n) is 3.70. The highest BCUT2D eigenvalue weighted by Gasteiger charge is 2.21. The van der Waals surface area contributed by atoms with Gasteiger partial charge in [0.2, 0.25) is 0 Å². The lowest BCUT2D eigenvalue weighted by molar-refractivity contribution is -0.145. The molecule has 0 amide bonds. The average molecular weight is 369 g/mol. The lowest BCUT2D eigenvalue weighted by Gasteiger charge is -2.16. The van der Waals surface area contributed by atoms with Gasteiger partial charge in [0, 0.05) is 6.42 Å². The maximum Gasteiger partial charge on any atom is 0.345 e. The van der Waals surface area contributed by atoms with E-state index in [0.29, 0.717) is 16.5 Å².